The summed E-state index contributed by atoms with van der Waals surface area (Å²) < 4.78 is 59.1. The lowest BCUT2D eigenvalue weighted by Gasteiger charge is -2.43. The number of halogens is 4. The number of hydrogen-bond donors (Lipinski definition) is 2. The molecule has 0 radical (unpaired) electrons. The molecule has 34 heavy (non-hydrogen) atoms. The van der Waals surface area contributed by atoms with E-state index in [9.17, 15) is 27.2 Å². The molecule has 2 aliphatic rings. The topological polar surface area (TPSA) is 100 Å². The van der Waals surface area contributed by atoms with Crippen molar-refractivity contribution >= 4 is 28.5 Å². The third-order valence-electron chi connectivity index (χ3n) is 6.30. The van der Waals surface area contributed by atoms with Crippen molar-refractivity contribution in [2.24, 2.45) is 0 Å². The molecule has 0 bridgehead atoms. The number of alkyl halides is 3. The van der Waals surface area contributed by atoms with E-state index in [0.29, 0.717) is 11.4 Å². The van der Waals surface area contributed by atoms with Crippen LogP contribution in [0.2, 0.25) is 0 Å². The van der Waals surface area contributed by atoms with Crippen LogP contribution in [0.15, 0.2) is 36.5 Å². The van der Waals surface area contributed by atoms with E-state index in [1.807, 2.05) is 5.32 Å². The Kier molecular flexibility index (Phi) is 4.99. The predicted octanol–water partition coefficient (Wildman–Crippen LogP) is 2.99. The number of fused-ring (bicyclic) bond motifs is 3. The van der Waals surface area contributed by atoms with Gasteiger partial charge in [0.2, 0.25) is 17.7 Å². The minimum atomic E-state index is -4.62. The molecule has 2 N–H and O–H groups in total. The zero-order valence-corrected chi connectivity index (χ0v) is 17.8. The third kappa shape index (κ3) is 3.53. The van der Waals surface area contributed by atoms with Gasteiger partial charge in [0.15, 0.2) is 0 Å². The molecule has 0 unspecified atom stereocenters. The van der Waals surface area contributed by atoms with Crippen LogP contribution < -0.4 is 15.0 Å². The Hall–Kier alpha value is -3.70. The summed E-state index contributed by atoms with van der Waals surface area (Å²) in [7, 11) is 0. The van der Waals surface area contributed by atoms with Gasteiger partial charge >= 0.3 is 6.18 Å². The minimum absolute atomic E-state index is 0.134. The first kappa shape index (κ1) is 22.1. The maximum atomic E-state index is 14.9. The normalized spacial score (nSPS) is 22.6. The van der Waals surface area contributed by atoms with Gasteiger partial charge in [0.1, 0.15) is 30.0 Å². The molecule has 3 heterocycles. The van der Waals surface area contributed by atoms with E-state index in [1.165, 1.54) is 18.2 Å². The van der Waals surface area contributed by atoms with E-state index >= 15 is 0 Å². The number of amides is 2. The molecular weight excluding hydrogens is 458 g/mol. The third-order valence-corrected chi connectivity index (χ3v) is 6.30. The number of carbonyl (C=O) groups is 2. The van der Waals surface area contributed by atoms with Gasteiger partial charge in [-0.05, 0) is 25.1 Å². The number of carbonyl (C=O) groups excluding carboxylic acids is 2. The second kappa shape index (κ2) is 7.67. The molecule has 1 saturated carbocycles. The fourth-order valence-electron chi connectivity index (χ4n) is 4.58. The SMILES string of the molecule is C[C@@H](NC(=O)CN1C(=O)C2(CC(Oc3ccc4[nH]ncc4n3)C2)c2c(F)cccc21)C(F)(F)F. The highest BCUT2D eigenvalue weighted by atomic mass is 19.4. The van der Waals surface area contributed by atoms with Crippen LogP contribution in [0.3, 0.4) is 0 Å². The Morgan fingerprint density at radius 2 is 2.09 bits per heavy atom. The van der Waals surface area contributed by atoms with E-state index in [2.05, 4.69) is 15.2 Å². The highest BCUT2D eigenvalue weighted by Crippen LogP contribution is 2.55. The summed E-state index contributed by atoms with van der Waals surface area (Å²) in [5.74, 6) is -1.82. The van der Waals surface area contributed by atoms with Gasteiger partial charge in [-0.15, -0.1) is 0 Å². The van der Waals surface area contributed by atoms with Crippen LogP contribution >= 0.6 is 0 Å². The van der Waals surface area contributed by atoms with Crippen molar-refractivity contribution in [1.29, 1.82) is 0 Å². The Morgan fingerprint density at radius 1 is 1.32 bits per heavy atom. The molecule has 1 atom stereocenters. The molecule has 8 nitrogen and oxygen atoms in total. The second-order valence-corrected chi connectivity index (χ2v) is 8.54. The number of aromatic amines is 1. The van der Waals surface area contributed by atoms with Crippen molar-refractivity contribution in [3.05, 3.63) is 47.9 Å². The van der Waals surface area contributed by atoms with Gasteiger partial charge < -0.3 is 15.0 Å². The number of H-pyrrole nitrogens is 1. The molecule has 1 aliphatic carbocycles. The number of pyridine rings is 1. The first-order valence-electron chi connectivity index (χ1n) is 10.5. The molecular formula is C22H19F4N5O3. The molecule has 2 amide bonds. The summed E-state index contributed by atoms with van der Waals surface area (Å²) in [6.45, 7) is 0.156. The average Bonchev–Trinajstić information content (AvgIpc) is 3.30. The van der Waals surface area contributed by atoms with Gasteiger partial charge in [-0.3, -0.25) is 14.7 Å². The van der Waals surface area contributed by atoms with Crippen LogP contribution in [0.4, 0.5) is 23.2 Å². The first-order valence-corrected chi connectivity index (χ1v) is 10.5. The fraction of sp³-hybridized carbons (Fsp3) is 0.364. The second-order valence-electron chi connectivity index (χ2n) is 8.54. The number of nitrogens with zero attached hydrogens (tertiary/aromatic N) is 3. The number of aromatic nitrogens is 3. The molecule has 1 aliphatic heterocycles. The lowest BCUT2D eigenvalue weighted by Crippen LogP contribution is -2.55. The molecule has 1 aromatic carbocycles. The van der Waals surface area contributed by atoms with Crippen molar-refractivity contribution in [2.45, 2.75) is 43.5 Å². The number of hydrogen-bond acceptors (Lipinski definition) is 5. The Balaban J connectivity index is 1.34. The van der Waals surface area contributed by atoms with Crippen LogP contribution in [-0.4, -0.2) is 51.9 Å². The standard InChI is InChI=1S/C22H19F4N5O3/c1-11(22(24,25)26)28-17(32)10-31-16-4-2-3-13(23)19(16)21(20(31)33)7-12(8-21)34-18-6-5-14-15(29-18)9-27-30-14/h2-6,9,11-12H,7-8,10H2,1H3,(H,27,30)(H,28,32)/t11-,12?,21?/m1/s1. The highest BCUT2D eigenvalue weighted by Gasteiger charge is 2.61. The van der Waals surface area contributed by atoms with Crippen LogP contribution in [-0.2, 0) is 15.0 Å². The van der Waals surface area contributed by atoms with Gasteiger partial charge in [0.05, 0.1) is 22.8 Å². The van der Waals surface area contributed by atoms with E-state index in [0.717, 1.165) is 17.3 Å². The number of nitrogens with one attached hydrogen (secondary N) is 2. The van der Waals surface area contributed by atoms with Gasteiger partial charge in [0.25, 0.3) is 0 Å². The molecule has 12 heteroatoms. The Morgan fingerprint density at radius 3 is 2.82 bits per heavy atom. The number of anilines is 1. The van der Waals surface area contributed by atoms with Gasteiger partial charge in [-0.1, -0.05) is 6.07 Å². The number of benzene rings is 1. The van der Waals surface area contributed by atoms with E-state index in [1.54, 1.807) is 18.3 Å². The monoisotopic (exact) mass is 477 g/mol. The maximum absolute atomic E-state index is 14.9. The van der Waals surface area contributed by atoms with Crippen molar-refractivity contribution in [2.75, 3.05) is 11.4 Å². The first-order chi connectivity index (χ1) is 16.1. The van der Waals surface area contributed by atoms with Crippen molar-refractivity contribution in [3.8, 4) is 5.88 Å². The number of rotatable bonds is 5. The molecule has 5 rings (SSSR count). The van der Waals surface area contributed by atoms with E-state index in [4.69, 9.17) is 4.74 Å². The zero-order chi connectivity index (χ0) is 24.3. The molecule has 2 aromatic heterocycles. The molecule has 1 fully saturated rings. The summed E-state index contributed by atoms with van der Waals surface area (Å²) in [4.78, 5) is 31.0. The summed E-state index contributed by atoms with van der Waals surface area (Å²) >= 11 is 0. The lowest BCUT2D eigenvalue weighted by molar-refractivity contribution is -0.157. The van der Waals surface area contributed by atoms with E-state index in [-0.39, 0.29) is 24.1 Å². The quantitative estimate of drug-likeness (QED) is 0.551. The number of ether oxygens (including phenoxy) is 1. The summed E-state index contributed by atoms with van der Waals surface area (Å²) in [5.41, 5.74) is 0.394. The van der Waals surface area contributed by atoms with Crippen molar-refractivity contribution < 1.29 is 31.9 Å². The minimum Gasteiger partial charge on any atom is -0.474 e. The highest BCUT2D eigenvalue weighted by molar-refractivity contribution is 6.11. The Bertz CT molecular complexity index is 1290. The smallest absolute Gasteiger partial charge is 0.408 e. The maximum Gasteiger partial charge on any atom is 0.408 e. The van der Waals surface area contributed by atoms with Crippen LogP contribution in [0.5, 0.6) is 5.88 Å². The van der Waals surface area contributed by atoms with Crippen molar-refractivity contribution in [1.82, 2.24) is 20.5 Å². The largest absolute Gasteiger partial charge is 0.474 e. The fourth-order valence-corrected chi connectivity index (χ4v) is 4.58. The summed E-state index contributed by atoms with van der Waals surface area (Å²) in [6, 6.07) is 5.40. The van der Waals surface area contributed by atoms with Crippen LogP contribution in [0.25, 0.3) is 11.0 Å². The summed E-state index contributed by atoms with van der Waals surface area (Å²) in [5, 5.41) is 8.51. The van der Waals surface area contributed by atoms with E-state index < -0.39 is 47.9 Å². The predicted molar refractivity (Wildman–Crippen MR) is 112 cm³/mol. The average molecular weight is 477 g/mol. The summed E-state index contributed by atoms with van der Waals surface area (Å²) in [6.07, 6.45) is -3.24. The lowest BCUT2D eigenvalue weighted by atomic mass is 9.63. The van der Waals surface area contributed by atoms with Gasteiger partial charge in [0, 0.05) is 24.5 Å². The molecule has 0 saturated heterocycles. The van der Waals surface area contributed by atoms with Gasteiger partial charge in [-0.25, -0.2) is 9.37 Å². The van der Waals surface area contributed by atoms with Gasteiger partial charge in [-0.2, -0.15) is 18.3 Å². The molecule has 3 aromatic rings. The van der Waals surface area contributed by atoms with Crippen LogP contribution in [0.1, 0.15) is 25.3 Å². The molecule has 178 valence electrons. The Labute approximate surface area is 190 Å². The van der Waals surface area contributed by atoms with Crippen molar-refractivity contribution in [3.63, 3.8) is 0 Å². The van der Waals surface area contributed by atoms with Crippen LogP contribution in [0, 0.1) is 5.82 Å². The molecule has 1 spiro atoms. The zero-order valence-electron chi connectivity index (χ0n) is 17.8.